The van der Waals surface area contributed by atoms with E-state index in [-0.39, 0.29) is 24.6 Å². The Kier molecular flexibility index (Phi) is 5.85. The second-order valence-corrected chi connectivity index (χ2v) is 6.26. The number of nitrogens with one attached hydrogen (secondary N) is 1. The van der Waals surface area contributed by atoms with E-state index in [1.807, 2.05) is 0 Å². The summed E-state index contributed by atoms with van der Waals surface area (Å²) in [6, 6.07) is 4.41. The van der Waals surface area contributed by atoms with Gasteiger partial charge >= 0.3 is 6.03 Å². The molecule has 0 unspecified atom stereocenters. The van der Waals surface area contributed by atoms with Gasteiger partial charge in [-0.2, -0.15) is 0 Å². The summed E-state index contributed by atoms with van der Waals surface area (Å²) in [5.41, 5.74) is 0.915. The minimum Gasteiger partial charge on any atom is -0.394 e. The molecule has 23 heavy (non-hydrogen) atoms. The molecule has 1 atom stereocenters. The summed E-state index contributed by atoms with van der Waals surface area (Å²) in [7, 11) is 3.31. The van der Waals surface area contributed by atoms with E-state index in [1.165, 1.54) is 4.90 Å². The van der Waals surface area contributed by atoms with E-state index < -0.39 is 0 Å². The maximum Gasteiger partial charge on any atom is 0.322 e. The first-order valence-electron chi connectivity index (χ1n) is 7.63. The monoisotopic (exact) mass is 339 g/mol. The van der Waals surface area contributed by atoms with Gasteiger partial charge < -0.3 is 20.2 Å². The van der Waals surface area contributed by atoms with Gasteiger partial charge in [0.15, 0.2) is 0 Å². The quantitative estimate of drug-likeness (QED) is 0.888. The molecule has 7 heteroatoms. The van der Waals surface area contributed by atoms with E-state index in [0.29, 0.717) is 22.8 Å². The van der Waals surface area contributed by atoms with Crippen LogP contribution in [0.3, 0.4) is 0 Å². The average Bonchev–Trinajstić information content (AvgIpc) is 2.54. The van der Waals surface area contributed by atoms with Gasteiger partial charge in [-0.25, -0.2) is 4.79 Å². The highest BCUT2D eigenvalue weighted by Gasteiger charge is 2.26. The Labute approximate surface area is 141 Å². The zero-order valence-electron chi connectivity index (χ0n) is 13.4. The smallest absolute Gasteiger partial charge is 0.322 e. The Morgan fingerprint density at radius 2 is 2.13 bits per heavy atom. The molecule has 1 aromatic carbocycles. The molecule has 1 heterocycles. The molecule has 1 fully saturated rings. The van der Waals surface area contributed by atoms with E-state index in [4.69, 9.17) is 11.6 Å². The third-order valence-electron chi connectivity index (χ3n) is 3.96. The lowest BCUT2D eigenvalue weighted by molar-refractivity contribution is 0.0828. The Hall–Kier alpha value is -1.79. The van der Waals surface area contributed by atoms with Gasteiger partial charge in [-0.15, -0.1) is 0 Å². The van der Waals surface area contributed by atoms with Crippen LogP contribution < -0.4 is 5.32 Å². The third kappa shape index (κ3) is 4.14. The molecule has 0 saturated carbocycles. The van der Waals surface area contributed by atoms with Crippen LogP contribution in [0.15, 0.2) is 18.2 Å². The number of likely N-dealkylation sites (tertiary alicyclic amines) is 1. The number of aliphatic hydroxyl groups excluding tert-OH is 1. The highest BCUT2D eigenvalue weighted by atomic mass is 35.5. The van der Waals surface area contributed by atoms with Crippen LogP contribution in [0.25, 0.3) is 0 Å². The molecule has 1 aromatic rings. The van der Waals surface area contributed by atoms with Gasteiger partial charge in [-0.1, -0.05) is 11.6 Å². The minimum absolute atomic E-state index is 0.0373. The maximum atomic E-state index is 12.4. The van der Waals surface area contributed by atoms with Gasteiger partial charge in [0.1, 0.15) is 0 Å². The summed E-state index contributed by atoms with van der Waals surface area (Å²) >= 11 is 6.14. The lowest BCUT2D eigenvalue weighted by atomic mass is 10.0. The van der Waals surface area contributed by atoms with E-state index in [2.05, 4.69) is 5.32 Å². The summed E-state index contributed by atoms with van der Waals surface area (Å²) in [4.78, 5) is 27.4. The molecular weight excluding hydrogens is 318 g/mol. The summed E-state index contributed by atoms with van der Waals surface area (Å²) < 4.78 is 0. The Morgan fingerprint density at radius 1 is 1.39 bits per heavy atom. The zero-order chi connectivity index (χ0) is 17.0. The Morgan fingerprint density at radius 3 is 2.74 bits per heavy atom. The number of piperidine rings is 1. The number of carbonyl (C=O) groups is 2. The molecule has 2 rings (SSSR count). The number of halogens is 1. The van der Waals surface area contributed by atoms with Crippen molar-refractivity contribution in [1.82, 2.24) is 9.80 Å². The predicted octanol–water partition coefficient (Wildman–Crippen LogP) is 2.42. The van der Waals surface area contributed by atoms with Gasteiger partial charge in [0, 0.05) is 26.3 Å². The molecule has 2 N–H and O–H groups in total. The molecule has 0 aromatic heterocycles. The van der Waals surface area contributed by atoms with Crippen molar-refractivity contribution in [1.29, 1.82) is 0 Å². The Balaban J connectivity index is 2.09. The summed E-state index contributed by atoms with van der Waals surface area (Å²) in [5.74, 6) is -0.191. The van der Waals surface area contributed by atoms with Crippen molar-refractivity contribution in [2.24, 2.45) is 0 Å². The van der Waals surface area contributed by atoms with Crippen molar-refractivity contribution in [3.63, 3.8) is 0 Å². The van der Waals surface area contributed by atoms with E-state index in [0.717, 1.165) is 19.3 Å². The summed E-state index contributed by atoms with van der Waals surface area (Å²) in [6.45, 7) is 0.590. The van der Waals surface area contributed by atoms with Crippen LogP contribution in [0, 0.1) is 0 Å². The zero-order valence-corrected chi connectivity index (χ0v) is 14.1. The molecule has 0 spiro atoms. The van der Waals surface area contributed by atoms with Crippen molar-refractivity contribution in [2.45, 2.75) is 25.3 Å². The van der Waals surface area contributed by atoms with Crippen LogP contribution in [0.4, 0.5) is 10.5 Å². The summed E-state index contributed by atoms with van der Waals surface area (Å²) in [6.07, 6.45) is 2.75. The first-order chi connectivity index (χ1) is 10.9. The van der Waals surface area contributed by atoms with Gasteiger partial charge in [0.05, 0.1) is 23.2 Å². The molecular formula is C16H22ClN3O3. The molecule has 0 radical (unpaired) electrons. The average molecular weight is 340 g/mol. The number of rotatable bonds is 3. The largest absolute Gasteiger partial charge is 0.394 e. The van der Waals surface area contributed by atoms with Crippen LogP contribution in [0.1, 0.15) is 29.6 Å². The third-order valence-corrected chi connectivity index (χ3v) is 4.27. The highest BCUT2D eigenvalue weighted by molar-refractivity contribution is 6.34. The van der Waals surface area contributed by atoms with E-state index in [1.54, 1.807) is 37.2 Å². The summed E-state index contributed by atoms with van der Waals surface area (Å²) in [5, 5.41) is 12.5. The second-order valence-electron chi connectivity index (χ2n) is 5.85. The minimum atomic E-state index is -0.258. The highest BCUT2D eigenvalue weighted by Crippen LogP contribution is 2.23. The molecule has 0 aliphatic carbocycles. The number of hydrogen-bond donors (Lipinski definition) is 2. The van der Waals surface area contributed by atoms with Gasteiger partial charge in [0.25, 0.3) is 5.91 Å². The molecule has 6 nitrogen and oxygen atoms in total. The van der Waals surface area contributed by atoms with Gasteiger partial charge in [0.2, 0.25) is 0 Å². The van der Waals surface area contributed by atoms with Crippen LogP contribution in [-0.2, 0) is 0 Å². The standard InChI is InChI=1S/C16H22ClN3O3/c1-19(2)15(22)13-7-6-11(9-14(13)17)18-16(23)20-8-4-3-5-12(20)10-21/h6-7,9,12,21H,3-5,8,10H2,1-2H3,(H,18,23)/t12-/m1/s1. The number of amides is 3. The van der Waals surface area contributed by atoms with Crippen LogP contribution in [0.5, 0.6) is 0 Å². The number of carbonyl (C=O) groups excluding carboxylic acids is 2. The first kappa shape index (κ1) is 17.6. The van der Waals surface area contributed by atoms with Crippen molar-refractivity contribution in [2.75, 3.05) is 32.6 Å². The number of anilines is 1. The molecule has 0 bridgehead atoms. The van der Waals surface area contributed by atoms with Gasteiger partial charge in [-0.05, 0) is 37.5 Å². The van der Waals surface area contributed by atoms with Crippen LogP contribution in [0.2, 0.25) is 5.02 Å². The van der Waals surface area contributed by atoms with E-state index in [9.17, 15) is 14.7 Å². The SMILES string of the molecule is CN(C)C(=O)c1ccc(NC(=O)N2CCCC[C@@H]2CO)cc1Cl. The van der Waals surface area contributed by atoms with Crippen LogP contribution in [-0.4, -0.2) is 60.1 Å². The lowest BCUT2D eigenvalue weighted by Gasteiger charge is -2.34. The fourth-order valence-electron chi connectivity index (χ4n) is 2.66. The fourth-order valence-corrected chi connectivity index (χ4v) is 2.92. The number of hydrogen-bond acceptors (Lipinski definition) is 3. The molecule has 126 valence electrons. The van der Waals surface area contributed by atoms with Crippen molar-refractivity contribution >= 4 is 29.2 Å². The topological polar surface area (TPSA) is 72.9 Å². The molecule has 1 aliphatic rings. The molecule has 1 saturated heterocycles. The van der Waals surface area contributed by atoms with Crippen molar-refractivity contribution in [3.05, 3.63) is 28.8 Å². The maximum absolute atomic E-state index is 12.4. The number of aliphatic hydroxyl groups is 1. The first-order valence-corrected chi connectivity index (χ1v) is 8.01. The van der Waals surface area contributed by atoms with Crippen molar-refractivity contribution in [3.8, 4) is 0 Å². The van der Waals surface area contributed by atoms with Crippen molar-refractivity contribution < 1.29 is 14.7 Å². The number of nitrogens with zero attached hydrogens (tertiary/aromatic N) is 2. The van der Waals surface area contributed by atoms with Crippen LogP contribution >= 0.6 is 11.6 Å². The normalized spacial score (nSPS) is 17.7. The number of urea groups is 1. The Bertz CT molecular complexity index is 592. The van der Waals surface area contributed by atoms with E-state index >= 15 is 0 Å². The fraction of sp³-hybridized carbons (Fsp3) is 0.500. The molecule has 1 aliphatic heterocycles. The van der Waals surface area contributed by atoms with Gasteiger partial charge in [-0.3, -0.25) is 4.79 Å². The molecule has 3 amide bonds. The second kappa shape index (κ2) is 7.66. The lowest BCUT2D eigenvalue weighted by Crippen LogP contribution is -2.47. The number of benzene rings is 1. The predicted molar refractivity (Wildman–Crippen MR) is 89.9 cm³/mol.